The lowest BCUT2D eigenvalue weighted by molar-refractivity contribution is 0.296. The summed E-state index contributed by atoms with van der Waals surface area (Å²) in [6, 6.07) is 7.43. The summed E-state index contributed by atoms with van der Waals surface area (Å²) in [5, 5.41) is 3.56. The lowest BCUT2D eigenvalue weighted by atomic mass is 10.2. The van der Waals surface area contributed by atoms with E-state index < -0.39 is 0 Å². The lowest BCUT2D eigenvalue weighted by Crippen LogP contribution is -2.04. The van der Waals surface area contributed by atoms with E-state index >= 15 is 0 Å². The summed E-state index contributed by atoms with van der Waals surface area (Å²) in [5.74, 6) is 1.80. The van der Waals surface area contributed by atoms with E-state index in [1.807, 2.05) is 36.6 Å². The first-order valence-electron chi connectivity index (χ1n) is 6.02. The van der Waals surface area contributed by atoms with Crippen molar-refractivity contribution in [1.29, 1.82) is 0 Å². The maximum Gasteiger partial charge on any atom is 0.169 e. The number of thiophene rings is 1. The minimum Gasteiger partial charge on any atom is -0.486 e. The molecule has 0 saturated carbocycles. The monoisotopic (exact) mass is 305 g/mol. The molecule has 4 nitrogen and oxygen atoms in total. The van der Waals surface area contributed by atoms with Crippen molar-refractivity contribution in [1.82, 2.24) is 9.97 Å². The Bertz CT molecular complexity index is 772. The Hall–Kier alpha value is -1.85. The Morgan fingerprint density at radius 1 is 1.30 bits per heavy atom. The van der Waals surface area contributed by atoms with E-state index in [9.17, 15) is 0 Å². The third-order valence-corrected chi connectivity index (χ3v) is 4.13. The van der Waals surface area contributed by atoms with Gasteiger partial charge in [0.15, 0.2) is 5.82 Å². The van der Waals surface area contributed by atoms with Gasteiger partial charge in [-0.1, -0.05) is 11.6 Å². The molecule has 2 aromatic heterocycles. The maximum absolute atomic E-state index is 5.98. The molecule has 102 valence electrons. The Balaban J connectivity index is 1.80. The number of aryl methyl sites for hydroxylation is 1. The molecule has 6 heteroatoms. The Labute approximate surface area is 125 Å². The van der Waals surface area contributed by atoms with Crippen molar-refractivity contribution in [3.63, 3.8) is 0 Å². The molecular weight excluding hydrogens is 294 g/mol. The van der Waals surface area contributed by atoms with Gasteiger partial charge in [0.1, 0.15) is 23.0 Å². The number of nitrogen functional groups attached to an aromatic ring is 1. The Kier molecular flexibility index (Phi) is 3.46. The molecule has 0 fully saturated rings. The average Bonchev–Trinajstić information content (AvgIpc) is 2.89. The second-order valence-electron chi connectivity index (χ2n) is 4.36. The molecule has 0 unspecified atom stereocenters. The Morgan fingerprint density at radius 3 is 2.95 bits per heavy atom. The van der Waals surface area contributed by atoms with E-state index in [0.29, 0.717) is 11.6 Å². The van der Waals surface area contributed by atoms with Crippen LogP contribution < -0.4 is 10.5 Å². The van der Waals surface area contributed by atoms with Crippen molar-refractivity contribution in [2.24, 2.45) is 0 Å². The number of halogens is 1. The summed E-state index contributed by atoms with van der Waals surface area (Å²) in [6.45, 7) is 2.21. The first-order valence-corrected chi connectivity index (χ1v) is 7.28. The van der Waals surface area contributed by atoms with Crippen LogP contribution >= 0.6 is 22.9 Å². The molecule has 0 amide bonds. The minimum atomic E-state index is 0.277. The summed E-state index contributed by atoms with van der Waals surface area (Å²) in [6.07, 6.45) is 0. The molecule has 20 heavy (non-hydrogen) atoms. The number of nitrogens with zero attached hydrogens (tertiary/aromatic N) is 2. The molecule has 1 aromatic carbocycles. The molecule has 0 atom stereocenters. The van der Waals surface area contributed by atoms with Crippen LogP contribution in [0.3, 0.4) is 0 Å². The van der Waals surface area contributed by atoms with Crippen LogP contribution in [0.1, 0.15) is 11.4 Å². The highest BCUT2D eigenvalue weighted by atomic mass is 35.5. The molecule has 0 aliphatic heterocycles. The van der Waals surface area contributed by atoms with E-state index in [0.717, 1.165) is 26.6 Å². The summed E-state index contributed by atoms with van der Waals surface area (Å²) in [5.41, 5.74) is 6.87. The van der Waals surface area contributed by atoms with Crippen LogP contribution in [0.15, 0.2) is 29.6 Å². The summed E-state index contributed by atoms with van der Waals surface area (Å²) in [7, 11) is 0. The van der Waals surface area contributed by atoms with Crippen LogP contribution in [-0.4, -0.2) is 9.97 Å². The summed E-state index contributed by atoms with van der Waals surface area (Å²) < 4.78 is 5.67. The number of nitrogens with two attached hydrogens (primary N) is 1. The molecule has 0 spiro atoms. The number of hydrogen-bond donors (Lipinski definition) is 1. The first kappa shape index (κ1) is 13.1. The van der Waals surface area contributed by atoms with Gasteiger partial charge in [-0.15, -0.1) is 11.3 Å². The van der Waals surface area contributed by atoms with Crippen molar-refractivity contribution in [3.05, 3.63) is 46.1 Å². The standard InChI is InChI=1S/C14H12ClN3OS/c1-8-6-9(2-3-11(8)15)19-7-12-17-13(16)10-4-5-20-14(10)18-12/h2-6H,7H2,1H3,(H2,16,17,18). The normalized spacial score (nSPS) is 10.9. The average molecular weight is 306 g/mol. The molecule has 0 radical (unpaired) electrons. The molecule has 2 heterocycles. The number of rotatable bonds is 3. The van der Waals surface area contributed by atoms with Crippen molar-refractivity contribution in [2.75, 3.05) is 5.73 Å². The fourth-order valence-electron chi connectivity index (χ4n) is 1.84. The molecule has 0 aliphatic carbocycles. The fourth-order valence-corrected chi connectivity index (χ4v) is 2.75. The summed E-state index contributed by atoms with van der Waals surface area (Å²) >= 11 is 7.51. The second kappa shape index (κ2) is 5.26. The quantitative estimate of drug-likeness (QED) is 0.799. The van der Waals surface area contributed by atoms with E-state index in [1.165, 1.54) is 11.3 Å². The van der Waals surface area contributed by atoms with Gasteiger partial charge < -0.3 is 10.5 Å². The van der Waals surface area contributed by atoms with E-state index in [4.69, 9.17) is 22.1 Å². The van der Waals surface area contributed by atoms with Gasteiger partial charge in [-0.05, 0) is 42.1 Å². The maximum atomic E-state index is 5.98. The zero-order valence-electron chi connectivity index (χ0n) is 10.8. The van der Waals surface area contributed by atoms with Crippen molar-refractivity contribution in [2.45, 2.75) is 13.5 Å². The highest BCUT2D eigenvalue weighted by molar-refractivity contribution is 7.16. The highest BCUT2D eigenvalue weighted by Gasteiger charge is 2.07. The van der Waals surface area contributed by atoms with Gasteiger partial charge in [0.05, 0.1) is 5.39 Å². The van der Waals surface area contributed by atoms with E-state index in [-0.39, 0.29) is 6.61 Å². The SMILES string of the molecule is Cc1cc(OCc2nc(N)c3ccsc3n2)ccc1Cl. The van der Waals surface area contributed by atoms with Gasteiger partial charge >= 0.3 is 0 Å². The lowest BCUT2D eigenvalue weighted by Gasteiger charge is -2.07. The molecule has 0 saturated heterocycles. The third kappa shape index (κ3) is 2.55. The van der Waals surface area contributed by atoms with Crippen LogP contribution in [0.4, 0.5) is 5.82 Å². The van der Waals surface area contributed by atoms with Crippen LogP contribution in [0, 0.1) is 6.92 Å². The van der Waals surface area contributed by atoms with Crippen molar-refractivity contribution in [3.8, 4) is 5.75 Å². The van der Waals surface area contributed by atoms with Gasteiger partial charge in [0, 0.05) is 5.02 Å². The van der Waals surface area contributed by atoms with Crippen molar-refractivity contribution >= 4 is 39.0 Å². The van der Waals surface area contributed by atoms with Crippen LogP contribution in [0.25, 0.3) is 10.2 Å². The summed E-state index contributed by atoms with van der Waals surface area (Å²) in [4.78, 5) is 9.56. The zero-order valence-corrected chi connectivity index (χ0v) is 12.3. The van der Waals surface area contributed by atoms with Gasteiger partial charge in [0.2, 0.25) is 0 Å². The second-order valence-corrected chi connectivity index (χ2v) is 5.67. The first-order chi connectivity index (χ1) is 9.63. The molecule has 0 bridgehead atoms. The predicted octanol–water partition coefficient (Wildman–Crippen LogP) is 3.81. The molecule has 3 aromatic rings. The topological polar surface area (TPSA) is 61.0 Å². The number of hydrogen-bond acceptors (Lipinski definition) is 5. The Morgan fingerprint density at radius 2 is 2.15 bits per heavy atom. The number of anilines is 1. The zero-order chi connectivity index (χ0) is 14.1. The van der Waals surface area contributed by atoms with E-state index in [1.54, 1.807) is 0 Å². The number of fused-ring (bicyclic) bond motifs is 1. The predicted molar refractivity (Wildman–Crippen MR) is 82.3 cm³/mol. The fraction of sp³-hybridized carbons (Fsp3) is 0.143. The van der Waals surface area contributed by atoms with Gasteiger partial charge in [-0.3, -0.25) is 0 Å². The van der Waals surface area contributed by atoms with Crippen LogP contribution in [0.2, 0.25) is 5.02 Å². The molecule has 3 rings (SSSR count). The molecular formula is C14H12ClN3OS. The van der Waals surface area contributed by atoms with Crippen molar-refractivity contribution < 1.29 is 4.74 Å². The van der Waals surface area contributed by atoms with Crippen LogP contribution in [-0.2, 0) is 6.61 Å². The van der Waals surface area contributed by atoms with Gasteiger partial charge in [-0.2, -0.15) is 0 Å². The van der Waals surface area contributed by atoms with Crippen LogP contribution in [0.5, 0.6) is 5.75 Å². The molecule has 2 N–H and O–H groups in total. The highest BCUT2D eigenvalue weighted by Crippen LogP contribution is 2.24. The largest absolute Gasteiger partial charge is 0.486 e. The smallest absolute Gasteiger partial charge is 0.169 e. The minimum absolute atomic E-state index is 0.277. The number of ether oxygens (including phenoxy) is 1. The van der Waals surface area contributed by atoms with Gasteiger partial charge in [-0.25, -0.2) is 9.97 Å². The molecule has 0 aliphatic rings. The van der Waals surface area contributed by atoms with E-state index in [2.05, 4.69) is 9.97 Å². The third-order valence-electron chi connectivity index (χ3n) is 2.90. The number of benzene rings is 1. The number of aromatic nitrogens is 2. The van der Waals surface area contributed by atoms with Gasteiger partial charge in [0.25, 0.3) is 0 Å².